The van der Waals surface area contributed by atoms with Gasteiger partial charge in [-0.3, -0.25) is 4.18 Å². The highest BCUT2D eigenvalue weighted by molar-refractivity contribution is 7.86. The molecule has 1 unspecified atom stereocenters. The summed E-state index contributed by atoms with van der Waals surface area (Å²) in [5.41, 5.74) is 0. The molecule has 0 amide bonds. The average molecular weight is 254 g/mol. The highest BCUT2D eigenvalue weighted by atomic mass is 32.2. The second-order valence-corrected chi connectivity index (χ2v) is 5.01. The topological polar surface area (TPSA) is 88.1 Å². The van der Waals surface area contributed by atoms with E-state index in [0.29, 0.717) is 6.42 Å². The van der Waals surface area contributed by atoms with Gasteiger partial charge in [0.25, 0.3) is 10.1 Å². The Morgan fingerprint density at radius 3 is 2.81 bits per heavy atom. The van der Waals surface area contributed by atoms with E-state index in [1.54, 1.807) is 0 Å². The Bertz CT molecular complexity index is 323. The molecular formula is C8H14O7S. The van der Waals surface area contributed by atoms with Gasteiger partial charge in [-0.05, 0) is 6.42 Å². The van der Waals surface area contributed by atoms with Crippen LogP contribution in [0.1, 0.15) is 6.42 Å². The molecule has 1 heterocycles. The molecule has 0 aromatic carbocycles. The third-order valence-electron chi connectivity index (χ3n) is 1.89. The van der Waals surface area contributed by atoms with Crippen LogP contribution in [0.25, 0.3) is 0 Å². The van der Waals surface area contributed by atoms with Crippen LogP contribution < -0.4 is 0 Å². The molecule has 7 nitrogen and oxygen atoms in total. The van der Waals surface area contributed by atoms with Crippen molar-refractivity contribution in [1.82, 2.24) is 0 Å². The van der Waals surface area contributed by atoms with Gasteiger partial charge in [0.05, 0.1) is 19.5 Å². The van der Waals surface area contributed by atoms with Crippen LogP contribution >= 0.6 is 0 Å². The number of hydrogen-bond donors (Lipinski definition) is 0. The predicted molar refractivity (Wildman–Crippen MR) is 52.5 cm³/mol. The largest absolute Gasteiger partial charge is 0.508 e. The maximum absolute atomic E-state index is 10.9. The van der Waals surface area contributed by atoms with Crippen molar-refractivity contribution < 1.29 is 31.6 Å². The lowest BCUT2D eigenvalue weighted by Gasteiger charge is -2.07. The number of cyclic esters (lactones) is 2. The van der Waals surface area contributed by atoms with Crippen molar-refractivity contribution in [2.45, 2.75) is 12.5 Å². The lowest BCUT2D eigenvalue weighted by Crippen LogP contribution is -2.19. The van der Waals surface area contributed by atoms with E-state index in [1.165, 1.54) is 0 Å². The van der Waals surface area contributed by atoms with E-state index in [4.69, 9.17) is 9.47 Å². The third-order valence-corrected chi connectivity index (χ3v) is 3.19. The number of ether oxygens (including phenoxy) is 3. The summed E-state index contributed by atoms with van der Waals surface area (Å²) in [6, 6.07) is 0. The van der Waals surface area contributed by atoms with Crippen molar-refractivity contribution in [1.29, 1.82) is 0 Å². The molecular weight excluding hydrogens is 240 g/mol. The first-order valence-electron chi connectivity index (χ1n) is 4.73. The van der Waals surface area contributed by atoms with Gasteiger partial charge < -0.3 is 14.2 Å². The summed E-state index contributed by atoms with van der Waals surface area (Å²) >= 11 is 0. The second kappa shape index (κ2) is 6.02. The number of rotatable bonds is 7. The maximum Gasteiger partial charge on any atom is 0.508 e. The fraction of sp³-hybridized carbons (Fsp3) is 0.875. The van der Waals surface area contributed by atoms with Gasteiger partial charge in [-0.25, -0.2) is 4.79 Å². The molecule has 0 aromatic rings. The molecule has 0 bridgehead atoms. The maximum atomic E-state index is 10.9. The van der Waals surface area contributed by atoms with E-state index in [1.807, 2.05) is 0 Å². The number of hydrogen-bond acceptors (Lipinski definition) is 7. The van der Waals surface area contributed by atoms with Gasteiger partial charge in [-0.15, -0.1) is 0 Å². The Hall–Kier alpha value is -0.860. The zero-order chi connectivity index (χ0) is 12.0. The first kappa shape index (κ1) is 13.2. The number of carbonyl (C=O) groups is 1. The minimum Gasteiger partial charge on any atom is -0.430 e. The van der Waals surface area contributed by atoms with E-state index in [2.05, 4.69) is 8.92 Å². The van der Waals surface area contributed by atoms with Crippen molar-refractivity contribution in [2.24, 2.45) is 0 Å². The first-order chi connectivity index (χ1) is 7.53. The van der Waals surface area contributed by atoms with E-state index in [0.717, 1.165) is 7.11 Å². The molecule has 0 N–H and O–H groups in total. The summed E-state index contributed by atoms with van der Waals surface area (Å²) in [7, 11) is -2.30. The molecule has 0 spiro atoms. The minimum absolute atomic E-state index is 0.0928. The van der Waals surface area contributed by atoms with Crippen molar-refractivity contribution in [3.05, 3.63) is 0 Å². The summed E-state index contributed by atoms with van der Waals surface area (Å²) < 4.78 is 40.4. The summed E-state index contributed by atoms with van der Waals surface area (Å²) in [5.74, 6) is -0.0928. The van der Waals surface area contributed by atoms with Crippen molar-refractivity contribution >= 4 is 16.3 Å². The van der Waals surface area contributed by atoms with Crippen LogP contribution in [0.3, 0.4) is 0 Å². The molecule has 1 saturated heterocycles. The second-order valence-electron chi connectivity index (χ2n) is 3.16. The predicted octanol–water partition coefficient (Wildman–Crippen LogP) is -0.0953. The van der Waals surface area contributed by atoms with Crippen LogP contribution in [0.4, 0.5) is 4.79 Å². The zero-order valence-electron chi connectivity index (χ0n) is 8.88. The van der Waals surface area contributed by atoms with Crippen molar-refractivity contribution in [3.8, 4) is 0 Å². The smallest absolute Gasteiger partial charge is 0.430 e. The van der Waals surface area contributed by atoms with Gasteiger partial charge in [-0.1, -0.05) is 0 Å². The van der Waals surface area contributed by atoms with Crippen LogP contribution in [0, 0.1) is 0 Å². The Labute approximate surface area is 93.7 Å². The average Bonchev–Trinajstić information content (AvgIpc) is 2.64. The molecule has 8 heteroatoms. The molecule has 0 radical (unpaired) electrons. The quantitative estimate of drug-likeness (QED) is 0.356. The SMILES string of the molecule is COS(=O)(=O)CCCOCC1COC(=O)O1. The Balaban J connectivity index is 2.02. The van der Waals surface area contributed by atoms with E-state index in [9.17, 15) is 13.2 Å². The molecule has 16 heavy (non-hydrogen) atoms. The van der Waals surface area contributed by atoms with Crippen LogP contribution in [0.2, 0.25) is 0 Å². The normalized spacial score (nSPS) is 20.6. The van der Waals surface area contributed by atoms with Gasteiger partial charge in [0.1, 0.15) is 6.61 Å². The lowest BCUT2D eigenvalue weighted by atomic mass is 10.4. The Morgan fingerprint density at radius 1 is 1.50 bits per heavy atom. The molecule has 1 rings (SSSR count). The molecule has 1 fully saturated rings. The van der Waals surface area contributed by atoms with Crippen LogP contribution in [0.5, 0.6) is 0 Å². The van der Waals surface area contributed by atoms with E-state index in [-0.39, 0.29) is 25.6 Å². The van der Waals surface area contributed by atoms with Crippen LogP contribution in [0.15, 0.2) is 0 Å². The fourth-order valence-electron chi connectivity index (χ4n) is 1.08. The number of carbonyl (C=O) groups excluding carboxylic acids is 1. The molecule has 0 aliphatic carbocycles. The molecule has 94 valence electrons. The van der Waals surface area contributed by atoms with Crippen molar-refractivity contribution in [3.63, 3.8) is 0 Å². The van der Waals surface area contributed by atoms with Gasteiger partial charge in [0, 0.05) is 6.61 Å². The lowest BCUT2D eigenvalue weighted by molar-refractivity contribution is 0.0463. The molecule has 1 aliphatic heterocycles. The highest BCUT2D eigenvalue weighted by Gasteiger charge is 2.24. The summed E-state index contributed by atoms with van der Waals surface area (Å²) in [6.45, 7) is 0.643. The van der Waals surface area contributed by atoms with E-state index >= 15 is 0 Å². The molecule has 0 saturated carbocycles. The van der Waals surface area contributed by atoms with E-state index < -0.39 is 22.4 Å². The summed E-state index contributed by atoms with van der Waals surface area (Å²) in [4.78, 5) is 10.5. The standard InChI is InChI=1S/C8H14O7S/c1-12-16(10,11)4-2-3-13-5-7-6-14-8(9)15-7/h7H,2-6H2,1H3. The summed E-state index contributed by atoms with van der Waals surface area (Å²) in [5, 5.41) is 0. The minimum atomic E-state index is -3.42. The highest BCUT2D eigenvalue weighted by Crippen LogP contribution is 2.06. The zero-order valence-corrected chi connectivity index (χ0v) is 9.70. The molecule has 1 aliphatic rings. The Morgan fingerprint density at radius 2 is 2.25 bits per heavy atom. The monoisotopic (exact) mass is 254 g/mol. The van der Waals surface area contributed by atoms with Gasteiger partial charge >= 0.3 is 6.16 Å². The Kier molecular flexibility index (Phi) is 4.97. The van der Waals surface area contributed by atoms with Crippen LogP contribution in [-0.2, 0) is 28.5 Å². The molecule has 0 aromatic heterocycles. The third kappa shape index (κ3) is 4.77. The molecule has 1 atom stereocenters. The van der Waals surface area contributed by atoms with Crippen LogP contribution in [-0.4, -0.2) is 53.4 Å². The van der Waals surface area contributed by atoms with Crippen molar-refractivity contribution in [2.75, 3.05) is 32.7 Å². The summed E-state index contributed by atoms with van der Waals surface area (Å²) in [6.07, 6.45) is -0.764. The fourth-order valence-corrected chi connectivity index (χ4v) is 1.72. The first-order valence-corrected chi connectivity index (χ1v) is 6.30. The van der Waals surface area contributed by atoms with Gasteiger partial charge in [-0.2, -0.15) is 8.42 Å². The van der Waals surface area contributed by atoms with Gasteiger partial charge in [0.15, 0.2) is 6.10 Å². The van der Waals surface area contributed by atoms with Gasteiger partial charge in [0.2, 0.25) is 0 Å².